The second-order valence-corrected chi connectivity index (χ2v) is 3.94. The second-order valence-electron chi connectivity index (χ2n) is 3.94. The number of methoxy groups -OCH3 is 2. The highest BCUT2D eigenvalue weighted by atomic mass is 16.5. The first kappa shape index (κ1) is 11.9. The maximum absolute atomic E-state index is 9.66. The summed E-state index contributed by atoms with van der Waals surface area (Å²) in [5.41, 5.74) is 0.0240. The van der Waals surface area contributed by atoms with Gasteiger partial charge in [-0.15, -0.1) is 0 Å². The summed E-state index contributed by atoms with van der Waals surface area (Å²) in [7, 11) is 3.20. The van der Waals surface area contributed by atoms with Crippen molar-refractivity contribution in [1.29, 1.82) is 0 Å². The van der Waals surface area contributed by atoms with Crippen molar-refractivity contribution in [1.82, 2.24) is 0 Å². The average Bonchev–Trinajstić information content (AvgIpc) is 2.14. The lowest BCUT2D eigenvalue weighted by molar-refractivity contribution is 0.119. The molecule has 3 heteroatoms. The lowest BCUT2D eigenvalue weighted by Crippen LogP contribution is -2.19. The Balaban J connectivity index is 2.97. The first-order chi connectivity index (χ1) is 6.94. The third kappa shape index (κ3) is 3.80. The maximum Gasteiger partial charge on any atom is 0.122 e. The summed E-state index contributed by atoms with van der Waals surface area (Å²) in [4.78, 5) is 0. The number of benzene rings is 1. The minimum atomic E-state index is -0.850. The molecule has 0 bridgehead atoms. The van der Waals surface area contributed by atoms with Gasteiger partial charge in [-0.1, -0.05) is 0 Å². The van der Waals surface area contributed by atoms with Gasteiger partial charge in [0.25, 0.3) is 0 Å². The fourth-order valence-corrected chi connectivity index (χ4v) is 1.32. The fraction of sp³-hybridized carbons (Fsp3) is 0.417. The molecular weight excluding hydrogens is 192 g/mol. The lowest BCUT2D eigenvalue weighted by Gasteiger charge is -2.17. The van der Waals surface area contributed by atoms with Crippen LogP contribution in [0, 0.1) is 6.42 Å². The van der Waals surface area contributed by atoms with Crippen LogP contribution in [0.3, 0.4) is 0 Å². The summed E-state index contributed by atoms with van der Waals surface area (Å²) in [5.74, 6) is 1.43. The molecule has 0 aliphatic carbocycles. The first-order valence-electron chi connectivity index (χ1n) is 4.76. The van der Waals surface area contributed by atoms with Gasteiger partial charge in [0.15, 0.2) is 0 Å². The van der Waals surface area contributed by atoms with Crippen molar-refractivity contribution in [2.75, 3.05) is 14.2 Å². The number of ether oxygens (including phenoxy) is 2. The van der Waals surface area contributed by atoms with Gasteiger partial charge in [0, 0.05) is 12.5 Å². The molecular formula is C12H17O3. The van der Waals surface area contributed by atoms with Gasteiger partial charge in [-0.05, 0) is 31.5 Å². The Labute approximate surface area is 90.6 Å². The van der Waals surface area contributed by atoms with Crippen molar-refractivity contribution in [2.45, 2.75) is 19.4 Å². The molecule has 3 nitrogen and oxygen atoms in total. The van der Waals surface area contributed by atoms with Gasteiger partial charge in [-0.25, -0.2) is 0 Å². The van der Waals surface area contributed by atoms with Crippen LogP contribution in [0.2, 0.25) is 0 Å². The molecule has 1 aromatic carbocycles. The third-order valence-electron chi connectivity index (χ3n) is 1.89. The van der Waals surface area contributed by atoms with Crippen LogP contribution in [-0.2, 0) is 0 Å². The fourth-order valence-electron chi connectivity index (χ4n) is 1.32. The van der Waals surface area contributed by atoms with Crippen LogP contribution in [0.4, 0.5) is 0 Å². The van der Waals surface area contributed by atoms with Gasteiger partial charge in [0.2, 0.25) is 0 Å². The van der Waals surface area contributed by atoms with Crippen molar-refractivity contribution >= 4 is 0 Å². The molecule has 0 aromatic heterocycles. The molecule has 0 saturated heterocycles. The van der Waals surface area contributed by atoms with Gasteiger partial charge in [-0.2, -0.15) is 0 Å². The van der Waals surface area contributed by atoms with Gasteiger partial charge in [0.05, 0.1) is 19.8 Å². The summed E-state index contributed by atoms with van der Waals surface area (Å²) >= 11 is 0. The van der Waals surface area contributed by atoms with E-state index in [1.807, 2.05) is 12.1 Å². The summed E-state index contributed by atoms with van der Waals surface area (Å²) in [6.45, 7) is 3.44. The van der Waals surface area contributed by atoms with Crippen molar-refractivity contribution in [3.63, 3.8) is 0 Å². The van der Waals surface area contributed by atoms with Crippen LogP contribution in [0.5, 0.6) is 11.5 Å². The molecule has 83 valence electrons. The Bertz CT molecular complexity index is 304. The predicted molar refractivity (Wildman–Crippen MR) is 59.2 cm³/mol. The van der Waals surface area contributed by atoms with E-state index >= 15 is 0 Å². The van der Waals surface area contributed by atoms with E-state index < -0.39 is 5.60 Å². The van der Waals surface area contributed by atoms with Crippen molar-refractivity contribution in [3.8, 4) is 11.5 Å². The number of aliphatic hydroxyl groups is 1. The van der Waals surface area contributed by atoms with Crippen LogP contribution in [0.1, 0.15) is 19.4 Å². The molecule has 0 fully saturated rings. The zero-order chi connectivity index (χ0) is 11.5. The molecule has 1 aromatic rings. The molecule has 0 amide bonds. The molecule has 0 saturated carbocycles. The van der Waals surface area contributed by atoms with E-state index in [0.29, 0.717) is 11.5 Å². The second kappa shape index (κ2) is 4.53. The van der Waals surface area contributed by atoms with Crippen LogP contribution >= 0.6 is 0 Å². The summed E-state index contributed by atoms with van der Waals surface area (Å²) in [6.07, 6.45) is 1.75. The minimum Gasteiger partial charge on any atom is -0.497 e. The molecule has 0 aliphatic rings. The van der Waals surface area contributed by atoms with E-state index in [9.17, 15) is 5.11 Å². The molecule has 0 unspecified atom stereocenters. The van der Waals surface area contributed by atoms with Crippen LogP contribution in [0.25, 0.3) is 0 Å². The van der Waals surface area contributed by atoms with Gasteiger partial charge in [-0.3, -0.25) is 0 Å². The van der Waals surface area contributed by atoms with E-state index in [-0.39, 0.29) is 0 Å². The van der Waals surface area contributed by atoms with Crippen LogP contribution in [0.15, 0.2) is 18.2 Å². The summed E-state index contributed by atoms with van der Waals surface area (Å²) < 4.78 is 10.3. The molecule has 0 aliphatic heterocycles. The largest absolute Gasteiger partial charge is 0.497 e. The first-order valence-corrected chi connectivity index (χ1v) is 4.76. The van der Waals surface area contributed by atoms with Crippen LogP contribution in [-0.4, -0.2) is 24.9 Å². The molecule has 0 spiro atoms. The minimum absolute atomic E-state index is 0.713. The zero-order valence-electron chi connectivity index (χ0n) is 9.57. The van der Waals surface area contributed by atoms with E-state index in [4.69, 9.17) is 9.47 Å². The molecule has 1 N–H and O–H groups in total. The molecule has 1 rings (SSSR count). The Morgan fingerprint density at radius 1 is 1.07 bits per heavy atom. The number of hydrogen-bond donors (Lipinski definition) is 1. The smallest absolute Gasteiger partial charge is 0.122 e. The van der Waals surface area contributed by atoms with Crippen molar-refractivity contribution in [2.24, 2.45) is 0 Å². The highest BCUT2D eigenvalue weighted by Crippen LogP contribution is 2.25. The molecule has 1 radical (unpaired) electrons. The molecule has 15 heavy (non-hydrogen) atoms. The standard InChI is InChI=1S/C12H17O3/c1-12(2,13)8-9-5-10(14-3)7-11(6-9)15-4/h5-8,13H,1-4H3. The Morgan fingerprint density at radius 3 is 1.87 bits per heavy atom. The van der Waals surface area contributed by atoms with Gasteiger partial charge < -0.3 is 14.6 Å². The van der Waals surface area contributed by atoms with Gasteiger partial charge >= 0.3 is 0 Å². The Kier molecular flexibility index (Phi) is 3.58. The highest BCUT2D eigenvalue weighted by Gasteiger charge is 2.15. The van der Waals surface area contributed by atoms with Crippen molar-refractivity contribution in [3.05, 3.63) is 30.2 Å². The Morgan fingerprint density at radius 2 is 1.53 bits per heavy atom. The van der Waals surface area contributed by atoms with Crippen LogP contribution < -0.4 is 9.47 Å². The third-order valence-corrected chi connectivity index (χ3v) is 1.89. The van der Waals surface area contributed by atoms with Crippen molar-refractivity contribution < 1.29 is 14.6 Å². The molecule has 0 heterocycles. The monoisotopic (exact) mass is 209 g/mol. The molecule has 0 atom stereocenters. The zero-order valence-corrected chi connectivity index (χ0v) is 9.57. The van der Waals surface area contributed by atoms with E-state index in [1.54, 1.807) is 40.6 Å². The maximum atomic E-state index is 9.66. The number of hydrogen-bond acceptors (Lipinski definition) is 3. The van der Waals surface area contributed by atoms with Gasteiger partial charge in [0.1, 0.15) is 11.5 Å². The van der Waals surface area contributed by atoms with E-state index in [2.05, 4.69) is 0 Å². The lowest BCUT2D eigenvalue weighted by atomic mass is 9.98. The summed E-state index contributed by atoms with van der Waals surface area (Å²) in [5, 5.41) is 9.66. The highest BCUT2D eigenvalue weighted by molar-refractivity contribution is 5.42. The number of rotatable bonds is 4. The predicted octanol–water partition coefficient (Wildman–Crippen LogP) is 2.03. The average molecular weight is 209 g/mol. The summed E-state index contributed by atoms with van der Waals surface area (Å²) in [6, 6.07) is 5.49. The quantitative estimate of drug-likeness (QED) is 0.824. The van der Waals surface area contributed by atoms with E-state index in [0.717, 1.165) is 5.56 Å². The van der Waals surface area contributed by atoms with E-state index in [1.165, 1.54) is 0 Å². The normalized spacial score (nSPS) is 11.3. The topological polar surface area (TPSA) is 38.7 Å². The SMILES string of the molecule is COc1cc([CH]C(C)(C)O)cc(OC)c1. The Hall–Kier alpha value is -1.22.